The molecule has 2 aromatic heterocycles. The summed E-state index contributed by atoms with van der Waals surface area (Å²) in [6, 6.07) is 20.1. The first kappa shape index (κ1) is 24.3. The molecular weight excluding hydrogens is 475 g/mol. The van der Waals surface area contributed by atoms with Crippen molar-refractivity contribution in [1.29, 1.82) is 5.26 Å². The molecule has 1 amide bonds. The number of phenolic OH excluding ortho intramolecular Hbond substituents is 1. The number of fused-ring (bicyclic) bond motifs is 1. The van der Waals surface area contributed by atoms with E-state index in [0.29, 0.717) is 25.8 Å². The van der Waals surface area contributed by atoms with Crippen LogP contribution in [0.1, 0.15) is 15.9 Å². The second-order valence-electron chi connectivity index (χ2n) is 7.35. The summed E-state index contributed by atoms with van der Waals surface area (Å²) in [5.74, 6) is -0.144. The number of carbonyl (C=O) groups excluding carboxylic acids is 1. The van der Waals surface area contributed by atoms with Crippen LogP contribution in [0, 0.1) is 11.3 Å². The number of nitrogens with zero attached hydrogens (tertiary/aromatic N) is 6. The third-order valence-corrected chi connectivity index (χ3v) is 6.09. The van der Waals surface area contributed by atoms with Gasteiger partial charge in [-0.2, -0.15) is 25.0 Å². The Bertz CT molecular complexity index is 1550. The predicted molar refractivity (Wildman–Crippen MR) is 140 cm³/mol. The van der Waals surface area contributed by atoms with Crippen molar-refractivity contribution in [3.05, 3.63) is 90.6 Å². The first-order valence-electron chi connectivity index (χ1n) is 10.7. The van der Waals surface area contributed by atoms with Gasteiger partial charge in [-0.1, -0.05) is 51.0 Å². The number of nitriles is 1. The van der Waals surface area contributed by atoms with Crippen molar-refractivity contribution in [1.82, 2.24) is 24.7 Å². The van der Waals surface area contributed by atoms with Crippen LogP contribution in [0.4, 0.5) is 11.4 Å². The zero-order valence-electron chi connectivity index (χ0n) is 19.1. The molecule has 0 aliphatic carbocycles. The van der Waals surface area contributed by atoms with Crippen LogP contribution < -0.4 is 16.5 Å². The Labute approximate surface area is 208 Å². The fourth-order valence-electron chi connectivity index (χ4n) is 3.42. The molecule has 1 unspecified atom stereocenters. The lowest BCUT2D eigenvalue weighted by Gasteiger charge is -2.11. The minimum atomic E-state index is -0.392. The van der Waals surface area contributed by atoms with Crippen LogP contribution in [0.5, 0.6) is 5.75 Å². The van der Waals surface area contributed by atoms with Crippen molar-refractivity contribution in [2.45, 2.75) is 0 Å². The molecule has 0 bridgehead atoms. The van der Waals surface area contributed by atoms with E-state index in [1.54, 1.807) is 22.9 Å². The molecule has 0 saturated carbocycles. The van der Waals surface area contributed by atoms with Gasteiger partial charge in [-0.25, -0.2) is 4.98 Å². The summed E-state index contributed by atoms with van der Waals surface area (Å²) in [5.41, 5.74) is 8.36. The van der Waals surface area contributed by atoms with Gasteiger partial charge in [0.1, 0.15) is 18.7 Å². The Morgan fingerprint density at radius 3 is 2.50 bits per heavy atom. The Morgan fingerprint density at radius 1 is 1.11 bits per heavy atom. The number of nitrogens with two attached hydrogens (primary N) is 1. The van der Waals surface area contributed by atoms with Crippen molar-refractivity contribution in [2.75, 3.05) is 17.7 Å². The molecule has 0 aliphatic rings. The number of para-hydroxylation sites is 1. The smallest absolute Gasteiger partial charge is 0.259 e. The quantitative estimate of drug-likeness (QED) is 0.195. The van der Waals surface area contributed by atoms with Gasteiger partial charge in [0.05, 0.1) is 28.4 Å². The van der Waals surface area contributed by atoms with E-state index >= 15 is 0 Å². The van der Waals surface area contributed by atoms with Crippen LogP contribution in [0.3, 0.4) is 0 Å². The lowest BCUT2D eigenvalue weighted by Crippen LogP contribution is -2.15. The number of hydrogen-bond acceptors (Lipinski definition) is 8. The Balaban J connectivity index is 0.000000179. The number of hydrogen-bond donors (Lipinski definition) is 3. The number of nitrogen functional groups attached to an aromatic ring is 1. The third kappa shape index (κ3) is 5.12. The number of aromatic hydroxyl groups is 1. The van der Waals surface area contributed by atoms with Crippen molar-refractivity contribution in [2.24, 2.45) is 0 Å². The highest BCUT2D eigenvalue weighted by atomic mass is 31.1. The molecule has 36 heavy (non-hydrogen) atoms. The summed E-state index contributed by atoms with van der Waals surface area (Å²) in [7, 11) is 0.462. The van der Waals surface area contributed by atoms with Gasteiger partial charge < -0.3 is 16.2 Å². The fourth-order valence-corrected chi connectivity index (χ4v) is 4.18. The van der Waals surface area contributed by atoms with Crippen LogP contribution in [0.2, 0.25) is 0 Å². The fraction of sp³-hybridized carbons (Fsp3) is 0.0400. The third-order valence-electron chi connectivity index (χ3n) is 5.13. The SMILES string of the molecule is CPc1c(C#N)cnn1-c1ncncn1.Nc1c(O)c(C(=O)Nc2ccccc2)cc2ccccc12. The number of carbonyl (C=O) groups is 1. The monoisotopic (exact) mass is 496 g/mol. The van der Waals surface area contributed by atoms with Crippen LogP contribution in [-0.2, 0) is 0 Å². The highest BCUT2D eigenvalue weighted by Crippen LogP contribution is 2.33. The molecule has 3 aromatic carbocycles. The van der Waals surface area contributed by atoms with E-state index in [0.717, 1.165) is 16.2 Å². The van der Waals surface area contributed by atoms with Crippen molar-refractivity contribution >= 4 is 42.1 Å². The van der Waals surface area contributed by atoms with Crippen molar-refractivity contribution < 1.29 is 9.90 Å². The lowest BCUT2D eigenvalue weighted by atomic mass is 10.0. The molecule has 1 atom stereocenters. The average molecular weight is 496 g/mol. The van der Waals surface area contributed by atoms with Gasteiger partial charge >= 0.3 is 0 Å². The highest BCUT2D eigenvalue weighted by Gasteiger charge is 2.16. The van der Waals surface area contributed by atoms with Crippen LogP contribution >= 0.6 is 8.58 Å². The van der Waals surface area contributed by atoms with Gasteiger partial charge in [0.25, 0.3) is 11.9 Å². The molecule has 11 heteroatoms. The summed E-state index contributed by atoms with van der Waals surface area (Å²) in [5, 5.41) is 27.4. The standard InChI is InChI=1S/C17H14N2O2.C8H7N6P/c18-15-13-9-5-4-6-11(13)10-14(16(15)20)17(21)19-12-7-2-1-3-8-12;1-15-7-6(2-9)3-13-14(7)8-11-4-10-5-12-8/h1-10,20H,18H2,(H,19,21);3-5,15H,1H3. The van der Waals surface area contributed by atoms with Crippen LogP contribution in [0.15, 0.2) is 79.5 Å². The number of benzene rings is 3. The molecule has 4 N–H and O–H groups in total. The van der Waals surface area contributed by atoms with E-state index in [1.165, 1.54) is 18.9 Å². The summed E-state index contributed by atoms with van der Waals surface area (Å²) in [4.78, 5) is 24.0. The van der Waals surface area contributed by atoms with E-state index in [-0.39, 0.29) is 17.0 Å². The van der Waals surface area contributed by atoms with Gasteiger partial charge in [0.15, 0.2) is 5.75 Å². The largest absolute Gasteiger partial charge is 0.505 e. The Kier molecular flexibility index (Phi) is 7.44. The Hall–Kier alpha value is -4.87. The number of amides is 1. The molecule has 10 nitrogen and oxygen atoms in total. The lowest BCUT2D eigenvalue weighted by molar-refractivity contribution is 0.102. The number of phenols is 1. The summed E-state index contributed by atoms with van der Waals surface area (Å²) >= 11 is 0. The molecule has 0 radical (unpaired) electrons. The maximum absolute atomic E-state index is 12.3. The molecule has 0 fully saturated rings. The zero-order chi connectivity index (χ0) is 25.5. The number of aromatic nitrogens is 5. The summed E-state index contributed by atoms with van der Waals surface area (Å²) in [6.45, 7) is 1.98. The molecule has 0 aliphatic heterocycles. The first-order chi connectivity index (χ1) is 17.5. The van der Waals surface area contributed by atoms with Crippen LogP contribution in [0.25, 0.3) is 16.7 Å². The van der Waals surface area contributed by atoms with Gasteiger partial charge in [-0.15, -0.1) is 0 Å². The molecule has 2 heterocycles. The molecular formula is C25H21N8O2P. The Morgan fingerprint density at radius 2 is 1.81 bits per heavy atom. The van der Waals surface area contributed by atoms with Gasteiger partial charge in [-0.05, 0) is 30.3 Å². The topological polar surface area (TPSA) is 156 Å². The van der Waals surface area contributed by atoms with Crippen molar-refractivity contribution in [3.63, 3.8) is 0 Å². The van der Waals surface area contributed by atoms with Crippen LogP contribution in [-0.4, -0.2) is 42.4 Å². The number of anilines is 2. The summed E-state index contributed by atoms with van der Waals surface area (Å²) < 4.78 is 1.57. The number of rotatable bonds is 4. The second kappa shape index (κ2) is 11.0. The summed E-state index contributed by atoms with van der Waals surface area (Å²) in [6.07, 6.45) is 4.33. The molecule has 5 rings (SSSR count). The normalized spacial score (nSPS) is 10.6. The maximum Gasteiger partial charge on any atom is 0.259 e. The molecule has 0 saturated heterocycles. The van der Waals surface area contributed by atoms with Gasteiger partial charge in [-0.3, -0.25) is 4.79 Å². The minimum Gasteiger partial charge on any atom is -0.505 e. The van der Waals surface area contributed by atoms with Gasteiger partial charge in [0.2, 0.25) is 0 Å². The first-order valence-corrected chi connectivity index (χ1v) is 12.2. The van der Waals surface area contributed by atoms with E-state index < -0.39 is 5.91 Å². The maximum atomic E-state index is 12.3. The molecule has 0 spiro atoms. The number of nitrogens with one attached hydrogen (secondary N) is 1. The van der Waals surface area contributed by atoms with E-state index in [4.69, 9.17) is 11.0 Å². The molecule has 5 aromatic rings. The predicted octanol–water partition coefficient (Wildman–Crippen LogP) is 3.24. The minimum absolute atomic E-state index is 0.162. The average Bonchev–Trinajstić information content (AvgIpc) is 3.35. The van der Waals surface area contributed by atoms with Gasteiger partial charge in [0, 0.05) is 11.1 Å². The highest BCUT2D eigenvalue weighted by molar-refractivity contribution is 7.46. The van der Waals surface area contributed by atoms with E-state index in [1.807, 2.05) is 49.1 Å². The van der Waals surface area contributed by atoms with E-state index in [2.05, 4.69) is 31.4 Å². The zero-order valence-corrected chi connectivity index (χ0v) is 20.1. The second-order valence-corrected chi connectivity index (χ2v) is 8.32. The molecule has 178 valence electrons. The van der Waals surface area contributed by atoms with E-state index in [9.17, 15) is 9.90 Å². The van der Waals surface area contributed by atoms with Crippen molar-refractivity contribution in [3.8, 4) is 17.8 Å².